The topological polar surface area (TPSA) is 108 Å². The van der Waals surface area contributed by atoms with E-state index in [0.29, 0.717) is 70.0 Å². The van der Waals surface area contributed by atoms with Crippen molar-refractivity contribution in [3.8, 4) is 17.2 Å². The summed E-state index contributed by atoms with van der Waals surface area (Å²) in [6.07, 6.45) is 2.86. The molecule has 1 rings (SSSR count). The lowest BCUT2D eigenvalue weighted by molar-refractivity contribution is 0.0443. The molecule has 0 saturated carbocycles. The number of hydrogen-bond acceptors (Lipinski definition) is 10. The fraction of sp³-hybridized carbons (Fsp3) is 0.739. The van der Waals surface area contributed by atoms with Gasteiger partial charge in [-0.05, 0) is 31.4 Å². The van der Waals surface area contributed by atoms with Gasteiger partial charge in [0.15, 0.2) is 11.5 Å². The molecule has 1 aromatic rings. The van der Waals surface area contributed by atoms with Crippen LogP contribution in [-0.4, -0.2) is 103 Å². The van der Waals surface area contributed by atoms with E-state index >= 15 is 0 Å². The number of hydrogen-bond donors (Lipinski definition) is 1. The van der Waals surface area contributed by atoms with Gasteiger partial charge in [-0.1, -0.05) is 11.2 Å². The third kappa shape index (κ3) is 14.0. The molecule has 0 amide bonds. The van der Waals surface area contributed by atoms with Crippen LogP contribution in [0.3, 0.4) is 0 Å². The third-order valence-corrected chi connectivity index (χ3v) is 4.78. The van der Waals surface area contributed by atoms with Gasteiger partial charge in [0.2, 0.25) is 5.75 Å². The van der Waals surface area contributed by atoms with Crippen molar-refractivity contribution in [2.45, 2.75) is 19.3 Å². The molecule has 0 unspecified atom stereocenters. The van der Waals surface area contributed by atoms with Gasteiger partial charge in [0.05, 0.1) is 60.5 Å². The second-order valence-electron chi connectivity index (χ2n) is 7.16. The lowest BCUT2D eigenvalue weighted by Gasteiger charge is -2.22. The minimum Gasteiger partial charge on any atom is -0.493 e. The fourth-order valence-corrected chi connectivity index (χ4v) is 3.01. The molecule has 0 heterocycles. The van der Waals surface area contributed by atoms with Crippen molar-refractivity contribution in [1.82, 2.24) is 4.90 Å². The predicted octanol–water partition coefficient (Wildman–Crippen LogP) is 2.36. The number of rotatable bonds is 23. The quantitative estimate of drug-likeness (QED) is 0.190. The van der Waals surface area contributed by atoms with E-state index in [0.717, 1.165) is 32.4 Å². The van der Waals surface area contributed by atoms with Crippen LogP contribution in [0.5, 0.6) is 17.2 Å². The van der Waals surface area contributed by atoms with E-state index in [4.69, 9.17) is 33.5 Å². The summed E-state index contributed by atoms with van der Waals surface area (Å²) < 4.78 is 33.0. The normalized spacial score (nSPS) is 11.0. The van der Waals surface area contributed by atoms with Gasteiger partial charge in [-0.2, -0.15) is 4.91 Å². The summed E-state index contributed by atoms with van der Waals surface area (Å²) in [4.78, 5) is 12.3. The van der Waals surface area contributed by atoms with Crippen LogP contribution in [0.2, 0.25) is 0 Å². The number of nitrogens with zero attached hydrogens (tertiary/aromatic N) is 2. The van der Waals surface area contributed by atoms with Crippen molar-refractivity contribution < 1.29 is 33.5 Å². The van der Waals surface area contributed by atoms with E-state index in [9.17, 15) is 4.91 Å². The van der Waals surface area contributed by atoms with Crippen molar-refractivity contribution in [2.24, 2.45) is 5.18 Å². The summed E-state index contributed by atoms with van der Waals surface area (Å²) in [7, 11) is 3.22. The minimum absolute atomic E-state index is 0.0163. The van der Waals surface area contributed by atoms with E-state index in [1.807, 2.05) is 18.2 Å². The Morgan fingerprint density at radius 2 is 1.36 bits per heavy atom. The standard InChI is InChI=1S/C23H40N2O8/c1-28-21-7-6-8-22(29-2)23(21)33-15-5-3-4-14-30-17-10-25(12-19-32-20-13-26)11-18-31-16-9-24-27/h6-8,26H,3-5,9-20H2,1-2H3. The first kappa shape index (κ1) is 29.1. The van der Waals surface area contributed by atoms with Crippen LogP contribution >= 0.6 is 0 Å². The van der Waals surface area contributed by atoms with E-state index in [1.165, 1.54) is 0 Å². The smallest absolute Gasteiger partial charge is 0.203 e. The first-order chi connectivity index (χ1) is 16.3. The number of nitroso groups, excluding NO2 is 1. The SMILES string of the molecule is COc1cccc(OC)c1OCCCCCOCCN(CCOCCO)CCOCCN=O. The number of aliphatic hydroxyl groups is 1. The Morgan fingerprint density at radius 3 is 1.94 bits per heavy atom. The molecular formula is C23H40N2O8. The maximum absolute atomic E-state index is 10.1. The molecule has 1 aromatic carbocycles. The lowest BCUT2D eigenvalue weighted by Crippen LogP contribution is -2.34. The summed E-state index contributed by atoms with van der Waals surface area (Å²) in [6, 6.07) is 5.56. The van der Waals surface area contributed by atoms with E-state index < -0.39 is 0 Å². The van der Waals surface area contributed by atoms with Crippen molar-refractivity contribution in [2.75, 3.05) is 93.3 Å². The van der Waals surface area contributed by atoms with Crippen LogP contribution in [0.15, 0.2) is 23.4 Å². The van der Waals surface area contributed by atoms with Crippen molar-refractivity contribution in [3.05, 3.63) is 23.1 Å². The zero-order valence-electron chi connectivity index (χ0n) is 20.0. The van der Waals surface area contributed by atoms with Gasteiger partial charge in [0, 0.05) is 26.2 Å². The fourth-order valence-electron chi connectivity index (χ4n) is 3.01. The highest BCUT2D eigenvalue weighted by Crippen LogP contribution is 2.36. The number of unbranched alkanes of at least 4 members (excludes halogenated alkanes) is 2. The zero-order chi connectivity index (χ0) is 24.0. The van der Waals surface area contributed by atoms with Crippen molar-refractivity contribution >= 4 is 0 Å². The molecule has 33 heavy (non-hydrogen) atoms. The largest absolute Gasteiger partial charge is 0.493 e. The molecule has 0 aliphatic rings. The number of benzene rings is 1. The Bertz CT molecular complexity index is 584. The number of para-hydroxylation sites is 1. The number of ether oxygens (including phenoxy) is 6. The molecule has 190 valence electrons. The molecule has 1 N–H and O–H groups in total. The summed E-state index contributed by atoms with van der Waals surface area (Å²) >= 11 is 0. The molecular weight excluding hydrogens is 432 g/mol. The highest BCUT2D eigenvalue weighted by atomic mass is 16.5. The summed E-state index contributed by atoms with van der Waals surface area (Å²) in [5.41, 5.74) is 0. The maximum atomic E-state index is 10.1. The van der Waals surface area contributed by atoms with Gasteiger partial charge < -0.3 is 33.5 Å². The molecule has 0 fully saturated rings. The Labute approximate surface area is 197 Å². The lowest BCUT2D eigenvalue weighted by atomic mass is 10.2. The molecule has 0 bridgehead atoms. The van der Waals surface area contributed by atoms with Gasteiger partial charge in [-0.25, -0.2) is 0 Å². The molecule has 10 heteroatoms. The Balaban J connectivity index is 2.15. The Hall–Kier alpha value is -1.98. The van der Waals surface area contributed by atoms with E-state index in [2.05, 4.69) is 10.1 Å². The third-order valence-electron chi connectivity index (χ3n) is 4.78. The molecule has 0 spiro atoms. The monoisotopic (exact) mass is 472 g/mol. The first-order valence-electron chi connectivity index (χ1n) is 11.5. The maximum Gasteiger partial charge on any atom is 0.203 e. The van der Waals surface area contributed by atoms with Gasteiger partial charge in [0.1, 0.15) is 6.54 Å². The number of aliphatic hydroxyl groups excluding tert-OH is 1. The summed E-state index contributed by atoms with van der Waals surface area (Å²) in [6.45, 7) is 5.99. The van der Waals surface area contributed by atoms with Gasteiger partial charge in [0.25, 0.3) is 0 Å². The Kier molecular flexibility index (Phi) is 18.1. The van der Waals surface area contributed by atoms with Crippen LogP contribution in [0.1, 0.15) is 19.3 Å². The van der Waals surface area contributed by atoms with Crippen LogP contribution in [-0.2, 0) is 14.2 Å². The van der Waals surface area contributed by atoms with Crippen molar-refractivity contribution in [3.63, 3.8) is 0 Å². The average molecular weight is 473 g/mol. The minimum atomic E-state index is 0.0163. The van der Waals surface area contributed by atoms with E-state index in [-0.39, 0.29) is 13.2 Å². The van der Waals surface area contributed by atoms with Crippen molar-refractivity contribution in [1.29, 1.82) is 0 Å². The highest BCUT2D eigenvalue weighted by molar-refractivity contribution is 5.51. The average Bonchev–Trinajstić information content (AvgIpc) is 2.84. The van der Waals surface area contributed by atoms with Crippen LogP contribution < -0.4 is 14.2 Å². The Morgan fingerprint density at radius 1 is 0.788 bits per heavy atom. The van der Waals surface area contributed by atoms with Gasteiger partial charge in [-0.3, -0.25) is 4.90 Å². The first-order valence-corrected chi connectivity index (χ1v) is 11.5. The van der Waals surface area contributed by atoms with Crippen LogP contribution in [0.4, 0.5) is 0 Å². The van der Waals surface area contributed by atoms with Crippen LogP contribution in [0, 0.1) is 4.91 Å². The molecule has 0 radical (unpaired) electrons. The molecule has 0 aromatic heterocycles. The second kappa shape index (κ2) is 20.6. The van der Waals surface area contributed by atoms with Gasteiger partial charge >= 0.3 is 0 Å². The zero-order valence-corrected chi connectivity index (χ0v) is 20.0. The van der Waals surface area contributed by atoms with Gasteiger partial charge in [-0.15, -0.1) is 0 Å². The second-order valence-corrected chi connectivity index (χ2v) is 7.16. The molecule has 0 saturated heterocycles. The van der Waals surface area contributed by atoms with Crippen LogP contribution in [0.25, 0.3) is 0 Å². The highest BCUT2D eigenvalue weighted by Gasteiger charge is 2.10. The summed E-state index contributed by atoms with van der Waals surface area (Å²) in [5.74, 6) is 1.96. The number of methoxy groups -OCH3 is 2. The molecule has 0 atom stereocenters. The molecule has 10 nitrogen and oxygen atoms in total. The predicted molar refractivity (Wildman–Crippen MR) is 126 cm³/mol. The summed E-state index contributed by atoms with van der Waals surface area (Å²) in [5, 5.41) is 11.6. The molecule has 0 aliphatic heterocycles. The molecule has 0 aliphatic carbocycles. The van der Waals surface area contributed by atoms with E-state index in [1.54, 1.807) is 14.2 Å².